The van der Waals surface area contributed by atoms with Gasteiger partial charge in [-0.1, -0.05) is 0 Å². The molecular weight excluding hydrogens is 182 g/mol. The van der Waals surface area contributed by atoms with E-state index < -0.39 is 0 Å². The highest BCUT2D eigenvalue weighted by atomic mass is 16.5. The van der Waals surface area contributed by atoms with Gasteiger partial charge in [-0.15, -0.1) is 4.73 Å². The predicted octanol–water partition coefficient (Wildman–Crippen LogP) is -0.218. The van der Waals surface area contributed by atoms with Crippen LogP contribution in [0.5, 0.6) is 0 Å². The molecule has 1 fully saturated rings. The van der Waals surface area contributed by atoms with Crippen LogP contribution in [-0.4, -0.2) is 28.0 Å². The van der Waals surface area contributed by atoms with Crippen LogP contribution in [0.3, 0.4) is 0 Å². The van der Waals surface area contributed by atoms with Crippen molar-refractivity contribution >= 4 is 11.6 Å². The molecule has 0 aromatic carbocycles. The number of nitrogens with two attached hydrogens (primary N) is 1. The number of nitrogens with zero attached hydrogens (tertiary/aromatic N) is 3. The van der Waals surface area contributed by atoms with Crippen molar-refractivity contribution in [2.24, 2.45) is 0 Å². The van der Waals surface area contributed by atoms with Crippen LogP contribution in [0.2, 0.25) is 0 Å². The fraction of sp³-hybridized carbons (Fsp3) is 0.500. The minimum Gasteiger partial charge on any atom is -0.423 e. The summed E-state index contributed by atoms with van der Waals surface area (Å²) < 4.78 is 0.569. The van der Waals surface area contributed by atoms with Crippen molar-refractivity contribution in [2.75, 3.05) is 23.7 Å². The van der Waals surface area contributed by atoms with E-state index in [1.165, 1.54) is 0 Å². The molecule has 76 valence electrons. The van der Waals surface area contributed by atoms with Crippen molar-refractivity contribution in [1.82, 2.24) is 9.71 Å². The van der Waals surface area contributed by atoms with Gasteiger partial charge in [-0.05, 0) is 12.8 Å². The van der Waals surface area contributed by atoms with Crippen molar-refractivity contribution in [3.05, 3.63) is 11.7 Å². The van der Waals surface area contributed by atoms with Gasteiger partial charge in [0.15, 0.2) is 0 Å². The summed E-state index contributed by atoms with van der Waals surface area (Å²) in [5, 5.41) is 16.6. The topological polar surface area (TPSA) is 91.2 Å². The second-order valence-electron chi connectivity index (χ2n) is 3.37. The summed E-state index contributed by atoms with van der Waals surface area (Å²) in [6, 6.07) is 1.59. The Morgan fingerprint density at radius 2 is 2.07 bits per heavy atom. The summed E-state index contributed by atoms with van der Waals surface area (Å²) in [7, 11) is 0. The third kappa shape index (κ3) is 1.39. The fourth-order valence-electron chi connectivity index (χ4n) is 1.61. The molecule has 0 atom stereocenters. The number of aromatic nitrogens is 2. The lowest BCUT2D eigenvalue weighted by Gasteiger charge is -2.16. The van der Waals surface area contributed by atoms with Crippen LogP contribution in [0, 0.1) is 5.41 Å². The lowest BCUT2D eigenvalue weighted by Crippen LogP contribution is -2.28. The van der Waals surface area contributed by atoms with Crippen LogP contribution >= 0.6 is 0 Å². The Bertz CT molecular complexity index is 393. The van der Waals surface area contributed by atoms with E-state index in [-0.39, 0.29) is 11.4 Å². The van der Waals surface area contributed by atoms with Crippen LogP contribution in [-0.2, 0) is 0 Å². The van der Waals surface area contributed by atoms with Crippen LogP contribution in [0.4, 0.5) is 11.6 Å². The molecule has 1 aromatic rings. The Morgan fingerprint density at radius 3 is 2.64 bits per heavy atom. The van der Waals surface area contributed by atoms with Crippen LogP contribution < -0.4 is 16.3 Å². The normalized spacial score (nSPS) is 16.1. The molecule has 0 radical (unpaired) electrons. The molecule has 0 saturated carbocycles. The molecule has 2 heterocycles. The molecule has 2 rings (SSSR count). The summed E-state index contributed by atoms with van der Waals surface area (Å²) in [5.74, 6) is 0.821. The van der Waals surface area contributed by atoms with E-state index in [1.807, 2.05) is 0 Å². The van der Waals surface area contributed by atoms with Crippen LogP contribution in [0.25, 0.3) is 0 Å². The molecular formula is C8H13N5O. The first-order valence-electron chi connectivity index (χ1n) is 4.57. The lowest BCUT2D eigenvalue weighted by atomic mass is 10.4. The largest absolute Gasteiger partial charge is 0.423 e. The molecule has 4 N–H and O–H groups in total. The van der Waals surface area contributed by atoms with Gasteiger partial charge in [0.05, 0.1) is 0 Å². The maximum absolute atomic E-state index is 9.20. The van der Waals surface area contributed by atoms with Gasteiger partial charge in [0.1, 0.15) is 11.6 Å². The highest BCUT2D eigenvalue weighted by Gasteiger charge is 2.14. The number of hydrogen-bond donors (Lipinski definition) is 3. The average Bonchev–Trinajstić information content (AvgIpc) is 2.66. The molecule has 1 aliphatic rings. The Hall–Kier alpha value is -1.72. The Labute approximate surface area is 81.1 Å². The minimum absolute atomic E-state index is 0.145. The van der Waals surface area contributed by atoms with Gasteiger partial charge < -0.3 is 15.8 Å². The first-order chi connectivity index (χ1) is 6.68. The molecule has 0 aliphatic carbocycles. The van der Waals surface area contributed by atoms with E-state index in [4.69, 9.17) is 11.1 Å². The van der Waals surface area contributed by atoms with Crippen LogP contribution in [0.1, 0.15) is 12.8 Å². The first kappa shape index (κ1) is 8.86. The molecule has 1 saturated heterocycles. The van der Waals surface area contributed by atoms with E-state index in [0.717, 1.165) is 25.9 Å². The molecule has 0 unspecified atom stereocenters. The number of nitrogens with one attached hydrogen (secondary N) is 1. The number of rotatable bonds is 1. The molecule has 0 amide bonds. The zero-order valence-corrected chi connectivity index (χ0v) is 7.77. The van der Waals surface area contributed by atoms with Crippen molar-refractivity contribution in [3.8, 4) is 0 Å². The smallest absolute Gasteiger partial charge is 0.259 e. The van der Waals surface area contributed by atoms with Gasteiger partial charge in [0.2, 0.25) is 0 Å². The molecule has 6 heteroatoms. The first-order valence-corrected chi connectivity index (χ1v) is 4.57. The van der Waals surface area contributed by atoms with Gasteiger partial charge in [-0.25, -0.2) is 0 Å². The summed E-state index contributed by atoms with van der Waals surface area (Å²) in [6.07, 6.45) is 2.28. The zero-order chi connectivity index (χ0) is 10.1. The van der Waals surface area contributed by atoms with E-state index in [9.17, 15) is 5.21 Å². The third-order valence-corrected chi connectivity index (χ3v) is 2.37. The zero-order valence-electron chi connectivity index (χ0n) is 7.77. The molecule has 0 spiro atoms. The summed E-state index contributed by atoms with van der Waals surface area (Å²) in [4.78, 5) is 6.00. The molecule has 1 aliphatic heterocycles. The minimum atomic E-state index is -0.230. The van der Waals surface area contributed by atoms with E-state index in [2.05, 4.69) is 9.88 Å². The Kier molecular flexibility index (Phi) is 2.03. The highest BCUT2D eigenvalue weighted by molar-refractivity contribution is 5.46. The van der Waals surface area contributed by atoms with Gasteiger partial charge in [0, 0.05) is 19.2 Å². The number of nitrogen functional groups attached to an aromatic ring is 1. The Balaban J connectivity index is 2.39. The van der Waals surface area contributed by atoms with Crippen molar-refractivity contribution in [2.45, 2.75) is 12.8 Å². The monoisotopic (exact) mass is 195 g/mol. The SMILES string of the molecule is N=c1nc(N2CCCC2)cc(N)n1O. The fourth-order valence-corrected chi connectivity index (χ4v) is 1.61. The van der Waals surface area contributed by atoms with E-state index in [1.54, 1.807) is 6.07 Å². The predicted molar refractivity (Wildman–Crippen MR) is 51.1 cm³/mol. The van der Waals surface area contributed by atoms with Gasteiger partial charge in [0.25, 0.3) is 5.62 Å². The van der Waals surface area contributed by atoms with Crippen molar-refractivity contribution < 1.29 is 5.21 Å². The molecule has 0 bridgehead atoms. The van der Waals surface area contributed by atoms with Gasteiger partial charge in [-0.3, -0.25) is 5.41 Å². The second kappa shape index (κ2) is 3.21. The number of hydrogen-bond acceptors (Lipinski definition) is 5. The third-order valence-electron chi connectivity index (χ3n) is 2.37. The molecule has 1 aromatic heterocycles. The molecule has 14 heavy (non-hydrogen) atoms. The molecule has 6 nitrogen and oxygen atoms in total. The summed E-state index contributed by atoms with van der Waals surface area (Å²) >= 11 is 0. The standard InChI is InChI=1S/C8H13N5O/c9-6-5-7(11-8(10)13(6)14)12-3-1-2-4-12/h5,10,14H,1-4,9H2. The van der Waals surface area contributed by atoms with Crippen molar-refractivity contribution in [1.29, 1.82) is 5.41 Å². The van der Waals surface area contributed by atoms with Crippen molar-refractivity contribution in [3.63, 3.8) is 0 Å². The Morgan fingerprint density at radius 1 is 1.43 bits per heavy atom. The highest BCUT2D eigenvalue weighted by Crippen LogP contribution is 2.17. The van der Waals surface area contributed by atoms with E-state index >= 15 is 0 Å². The second-order valence-corrected chi connectivity index (χ2v) is 3.37. The number of anilines is 2. The van der Waals surface area contributed by atoms with Gasteiger partial charge >= 0.3 is 0 Å². The lowest BCUT2D eigenvalue weighted by molar-refractivity contribution is 0.171. The van der Waals surface area contributed by atoms with Gasteiger partial charge in [-0.2, -0.15) is 4.98 Å². The summed E-state index contributed by atoms with van der Waals surface area (Å²) in [5.41, 5.74) is 5.29. The maximum atomic E-state index is 9.20. The quantitative estimate of drug-likeness (QED) is 0.540. The van der Waals surface area contributed by atoms with E-state index in [0.29, 0.717) is 10.5 Å². The average molecular weight is 195 g/mol. The summed E-state index contributed by atoms with van der Waals surface area (Å²) in [6.45, 7) is 1.89. The maximum Gasteiger partial charge on any atom is 0.259 e. The van der Waals surface area contributed by atoms with Crippen LogP contribution in [0.15, 0.2) is 6.07 Å².